The molecule has 5 heteroatoms. The molecule has 1 aromatic rings. The third-order valence-corrected chi connectivity index (χ3v) is 6.52. The topological polar surface area (TPSA) is 56.7 Å². The molecular weight excluding hydrogens is 290 g/mol. The number of likely N-dealkylation sites (N-methyl/N-ethyl adjacent to an activating group) is 1. The third kappa shape index (κ3) is 2.21. The van der Waals surface area contributed by atoms with Gasteiger partial charge in [0.25, 0.3) is 5.91 Å². The van der Waals surface area contributed by atoms with Crippen LogP contribution >= 0.6 is 0 Å². The molecule has 3 fully saturated rings. The fourth-order valence-corrected chi connectivity index (χ4v) is 5.26. The Kier molecular flexibility index (Phi) is 3.46. The van der Waals surface area contributed by atoms with Gasteiger partial charge in [0.1, 0.15) is 0 Å². The Morgan fingerprint density at radius 1 is 1.39 bits per heavy atom. The van der Waals surface area contributed by atoms with Crippen molar-refractivity contribution in [2.24, 2.45) is 11.3 Å². The van der Waals surface area contributed by atoms with Gasteiger partial charge in [-0.1, -0.05) is 6.92 Å². The second-order valence-corrected chi connectivity index (χ2v) is 7.78. The Balaban J connectivity index is 1.66. The van der Waals surface area contributed by atoms with Crippen LogP contribution in [-0.4, -0.2) is 64.1 Å². The maximum absolute atomic E-state index is 12.9. The number of amides is 1. The third-order valence-electron chi connectivity index (χ3n) is 6.52. The second kappa shape index (κ2) is 5.28. The van der Waals surface area contributed by atoms with E-state index in [0.29, 0.717) is 24.2 Å². The van der Waals surface area contributed by atoms with Crippen molar-refractivity contribution in [1.82, 2.24) is 14.8 Å². The van der Waals surface area contributed by atoms with Crippen LogP contribution in [0, 0.1) is 11.3 Å². The maximum atomic E-state index is 12.9. The van der Waals surface area contributed by atoms with Gasteiger partial charge in [0, 0.05) is 48.9 Å². The molecule has 0 spiro atoms. The highest BCUT2D eigenvalue weighted by atomic mass is 16.3. The highest BCUT2D eigenvalue weighted by molar-refractivity contribution is 5.93. The zero-order valence-corrected chi connectivity index (χ0v) is 13.9. The van der Waals surface area contributed by atoms with Crippen molar-refractivity contribution in [1.29, 1.82) is 0 Å². The summed E-state index contributed by atoms with van der Waals surface area (Å²) in [4.78, 5) is 21.3. The van der Waals surface area contributed by atoms with E-state index in [1.807, 2.05) is 11.0 Å². The Morgan fingerprint density at radius 3 is 2.96 bits per heavy atom. The minimum atomic E-state index is -0.321. The first-order chi connectivity index (χ1) is 11.0. The van der Waals surface area contributed by atoms with Gasteiger partial charge in [-0.15, -0.1) is 0 Å². The highest BCUT2D eigenvalue weighted by Gasteiger charge is 2.57. The van der Waals surface area contributed by atoms with Gasteiger partial charge in [-0.25, -0.2) is 0 Å². The number of likely N-dealkylation sites (tertiary alicyclic amines) is 2. The molecule has 2 aliphatic heterocycles. The molecule has 0 unspecified atom stereocenters. The van der Waals surface area contributed by atoms with Crippen molar-refractivity contribution in [2.45, 2.75) is 44.4 Å². The smallest absolute Gasteiger partial charge is 0.255 e. The van der Waals surface area contributed by atoms with Gasteiger partial charge >= 0.3 is 0 Å². The van der Waals surface area contributed by atoms with E-state index in [0.717, 1.165) is 25.8 Å². The van der Waals surface area contributed by atoms with Gasteiger partial charge in [-0.05, 0) is 38.4 Å². The lowest BCUT2D eigenvalue weighted by Crippen LogP contribution is -2.53. The molecule has 4 rings (SSSR count). The lowest BCUT2D eigenvalue weighted by atomic mass is 9.64. The molecule has 0 radical (unpaired) electrons. The molecule has 3 bridgehead atoms. The number of carbonyl (C=O) groups excluding carboxylic acids is 1. The predicted octanol–water partition coefficient (Wildman–Crippen LogP) is 1.39. The summed E-state index contributed by atoms with van der Waals surface area (Å²) in [5, 5.41) is 11.0. The molecule has 3 heterocycles. The predicted molar refractivity (Wildman–Crippen MR) is 86.9 cm³/mol. The maximum Gasteiger partial charge on any atom is 0.255 e. The number of aliphatic hydroxyl groups excluding tert-OH is 1. The number of carbonyl (C=O) groups is 1. The number of aliphatic hydroxyl groups is 1. The van der Waals surface area contributed by atoms with Crippen LogP contribution < -0.4 is 0 Å². The first-order valence-corrected chi connectivity index (χ1v) is 8.60. The molecule has 2 saturated heterocycles. The number of aromatic nitrogens is 1. The van der Waals surface area contributed by atoms with E-state index in [-0.39, 0.29) is 23.3 Å². The van der Waals surface area contributed by atoms with Crippen molar-refractivity contribution < 1.29 is 9.90 Å². The van der Waals surface area contributed by atoms with E-state index < -0.39 is 0 Å². The van der Waals surface area contributed by atoms with Crippen LogP contribution in [0.25, 0.3) is 0 Å². The van der Waals surface area contributed by atoms with Gasteiger partial charge in [0.05, 0.1) is 11.7 Å². The van der Waals surface area contributed by atoms with Crippen LogP contribution in [0.1, 0.15) is 36.5 Å². The van der Waals surface area contributed by atoms with Crippen molar-refractivity contribution in [2.75, 3.05) is 20.1 Å². The molecule has 5 atom stereocenters. The average Bonchev–Trinajstić information content (AvgIpc) is 2.85. The zero-order valence-electron chi connectivity index (χ0n) is 13.9. The van der Waals surface area contributed by atoms with Crippen molar-refractivity contribution >= 4 is 5.91 Å². The normalized spacial score (nSPS) is 40.0. The van der Waals surface area contributed by atoms with Gasteiger partial charge in [0.2, 0.25) is 0 Å². The summed E-state index contributed by atoms with van der Waals surface area (Å²) in [5.41, 5.74) is 0.617. The van der Waals surface area contributed by atoms with Gasteiger partial charge in [-0.2, -0.15) is 0 Å². The molecule has 1 aromatic heterocycles. The average molecular weight is 315 g/mol. The van der Waals surface area contributed by atoms with Crippen LogP contribution in [-0.2, 0) is 0 Å². The molecule has 1 aliphatic carbocycles. The van der Waals surface area contributed by atoms with Gasteiger partial charge < -0.3 is 10.0 Å². The largest absolute Gasteiger partial charge is 0.392 e. The van der Waals surface area contributed by atoms with Gasteiger partial charge in [-0.3, -0.25) is 14.7 Å². The zero-order chi connectivity index (χ0) is 16.2. The highest BCUT2D eigenvalue weighted by Crippen LogP contribution is 2.52. The molecular formula is C18H25N3O2. The Bertz CT molecular complexity index is 606. The van der Waals surface area contributed by atoms with Crippen LogP contribution in [0.4, 0.5) is 0 Å². The second-order valence-electron chi connectivity index (χ2n) is 7.78. The number of fused-ring (bicyclic) bond motifs is 2. The fraction of sp³-hybridized carbons (Fsp3) is 0.667. The molecule has 5 nitrogen and oxygen atoms in total. The summed E-state index contributed by atoms with van der Waals surface area (Å²) >= 11 is 0. The SMILES string of the molecule is CN1[C@@H]2CN(C(=O)c3cccnc3)C[C@@H]3CC[C@H]1[C@](C)(C2)[C@@H]3O. The number of hydrogen-bond donors (Lipinski definition) is 1. The quantitative estimate of drug-likeness (QED) is 0.851. The number of hydrogen-bond acceptors (Lipinski definition) is 4. The van der Waals surface area contributed by atoms with E-state index in [1.165, 1.54) is 0 Å². The van der Waals surface area contributed by atoms with Crippen LogP contribution in [0.15, 0.2) is 24.5 Å². The summed E-state index contributed by atoms with van der Waals surface area (Å²) < 4.78 is 0. The number of nitrogens with zero attached hydrogens (tertiary/aromatic N) is 3. The van der Waals surface area contributed by atoms with Crippen LogP contribution in [0.3, 0.4) is 0 Å². The fourth-order valence-electron chi connectivity index (χ4n) is 5.26. The van der Waals surface area contributed by atoms with E-state index in [2.05, 4.69) is 23.9 Å². The molecule has 0 aromatic carbocycles. The van der Waals surface area contributed by atoms with E-state index in [4.69, 9.17) is 0 Å². The lowest BCUT2D eigenvalue weighted by Gasteiger charge is -2.47. The standard InChI is InChI=1S/C18H25N3O2/c1-18-8-14-11-21(17(23)12-4-3-7-19-9-12)10-13(16(18)22)5-6-15(18)20(14)2/h3-4,7,9,13-16,22H,5-6,8,10-11H2,1-2H3/t13-,14-,15-,16+,18-/m0/s1. The summed E-state index contributed by atoms with van der Waals surface area (Å²) in [5.74, 6) is 0.224. The first kappa shape index (κ1) is 15.1. The summed E-state index contributed by atoms with van der Waals surface area (Å²) in [6, 6.07) is 4.40. The molecule has 1 N–H and O–H groups in total. The van der Waals surface area contributed by atoms with Crippen LogP contribution in [0.5, 0.6) is 0 Å². The van der Waals surface area contributed by atoms with E-state index in [1.54, 1.807) is 18.5 Å². The van der Waals surface area contributed by atoms with E-state index >= 15 is 0 Å². The first-order valence-electron chi connectivity index (χ1n) is 8.60. The van der Waals surface area contributed by atoms with Crippen molar-refractivity contribution in [3.8, 4) is 0 Å². The summed E-state index contributed by atoms with van der Waals surface area (Å²) in [7, 11) is 2.16. The monoisotopic (exact) mass is 315 g/mol. The summed E-state index contributed by atoms with van der Waals surface area (Å²) in [6.07, 6.45) is 6.10. The van der Waals surface area contributed by atoms with Crippen molar-refractivity contribution in [3.05, 3.63) is 30.1 Å². The van der Waals surface area contributed by atoms with E-state index in [9.17, 15) is 9.90 Å². The molecule has 124 valence electrons. The minimum absolute atomic E-state index is 0.0221. The van der Waals surface area contributed by atoms with Gasteiger partial charge in [0.15, 0.2) is 0 Å². The molecule has 1 amide bonds. The number of rotatable bonds is 1. The Labute approximate surface area is 137 Å². The number of pyridine rings is 1. The minimum Gasteiger partial charge on any atom is -0.392 e. The molecule has 1 saturated carbocycles. The summed E-state index contributed by atoms with van der Waals surface area (Å²) in [6.45, 7) is 3.64. The Morgan fingerprint density at radius 2 is 2.22 bits per heavy atom. The lowest BCUT2D eigenvalue weighted by molar-refractivity contribution is -0.0661. The van der Waals surface area contributed by atoms with Crippen molar-refractivity contribution in [3.63, 3.8) is 0 Å². The van der Waals surface area contributed by atoms with Crippen LogP contribution in [0.2, 0.25) is 0 Å². The Hall–Kier alpha value is -1.46. The molecule has 23 heavy (non-hydrogen) atoms. The molecule has 3 aliphatic rings.